The molecular formula is C38H42Cl2FN7O3. The molecule has 0 aliphatic carbocycles. The molecule has 2 aliphatic heterocycles. The van der Waals surface area contributed by atoms with Crippen LogP contribution in [-0.4, -0.2) is 77.5 Å². The Hall–Kier alpha value is -4.29. The van der Waals surface area contributed by atoms with Gasteiger partial charge < -0.3 is 25.6 Å². The summed E-state index contributed by atoms with van der Waals surface area (Å²) in [5, 5.41) is 10.2. The number of halogens is 3. The van der Waals surface area contributed by atoms with Crippen LogP contribution in [0.5, 0.6) is 5.75 Å². The van der Waals surface area contributed by atoms with Gasteiger partial charge in [0.05, 0.1) is 28.5 Å². The van der Waals surface area contributed by atoms with Gasteiger partial charge in [0.15, 0.2) is 11.6 Å². The molecule has 4 aromatic rings. The summed E-state index contributed by atoms with van der Waals surface area (Å²) in [4.78, 5) is 36.1. The fourth-order valence-electron chi connectivity index (χ4n) is 6.78. The molecule has 0 radical (unpaired) electrons. The van der Waals surface area contributed by atoms with Gasteiger partial charge >= 0.3 is 0 Å². The average molecular weight is 735 g/mol. The van der Waals surface area contributed by atoms with E-state index in [0.717, 1.165) is 30.4 Å². The number of pyridine rings is 2. The van der Waals surface area contributed by atoms with Gasteiger partial charge in [-0.3, -0.25) is 19.5 Å². The van der Waals surface area contributed by atoms with E-state index in [1.807, 2.05) is 42.3 Å². The van der Waals surface area contributed by atoms with Crippen molar-refractivity contribution in [1.29, 1.82) is 0 Å². The number of carbonyl (C=O) groups is 2. The topological polar surface area (TPSA) is 112 Å². The molecule has 2 aliphatic rings. The number of methoxy groups -OCH3 is 1. The Bertz CT molecular complexity index is 1900. The highest BCUT2D eigenvalue weighted by atomic mass is 35.5. The molecule has 2 amide bonds. The minimum absolute atomic E-state index is 0.0718. The first-order valence-electron chi connectivity index (χ1n) is 17.1. The van der Waals surface area contributed by atoms with Crippen LogP contribution in [0, 0.1) is 5.82 Å². The lowest BCUT2D eigenvalue weighted by Crippen LogP contribution is -2.44. The Balaban J connectivity index is 1.17. The summed E-state index contributed by atoms with van der Waals surface area (Å²) in [5.41, 5.74) is 4.60. The summed E-state index contributed by atoms with van der Waals surface area (Å²) in [7, 11) is 3.60. The molecule has 0 unspecified atom stereocenters. The van der Waals surface area contributed by atoms with E-state index in [1.54, 1.807) is 44.6 Å². The van der Waals surface area contributed by atoms with Crippen molar-refractivity contribution in [2.45, 2.75) is 57.8 Å². The predicted molar refractivity (Wildman–Crippen MR) is 199 cm³/mol. The van der Waals surface area contributed by atoms with Gasteiger partial charge in [-0.25, -0.2) is 9.37 Å². The number of nitrogens with zero attached hydrogens (tertiary/aromatic N) is 4. The minimum atomic E-state index is -0.450. The average Bonchev–Trinajstić information content (AvgIpc) is 3.55. The van der Waals surface area contributed by atoms with Crippen molar-refractivity contribution in [2.75, 3.05) is 39.1 Å². The van der Waals surface area contributed by atoms with Crippen LogP contribution in [0.2, 0.25) is 10.0 Å². The lowest BCUT2D eigenvalue weighted by Gasteiger charge is -2.36. The van der Waals surface area contributed by atoms with Crippen LogP contribution >= 0.6 is 23.2 Å². The Morgan fingerprint density at radius 2 is 1.80 bits per heavy atom. The van der Waals surface area contributed by atoms with E-state index in [-0.39, 0.29) is 29.7 Å². The molecule has 6 rings (SSSR count). The SMILES string of the molecule is COc1cc(-c2nccc(-c3cccc(Nc4nccc(CN(C)C5CCN(C(C)=O)CC5)c4F)c3Cl)c2Cl)ccc1CNC[C@H]1CCC(=O)N1. The molecule has 0 spiro atoms. The number of rotatable bonds is 12. The van der Waals surface area contributed by atoms with Crippen LogP contribution < -0.4 is 20.7 Å². The molecule has 4 heterocycles. The Labute approximate surface area is 307 Å². The van der Waals surface area contributed by atoms with Gasteiger partial charge in [-0.05, 0) is 50.6 Å². The third-order valence-electron chi connectivity index (χ3n) is 9.70. The van der Waals surface area contributed by atoms with Crippen LogP contribution in [0.1, 0.15) is 43.7 Å². The Morgan fingerprint density at radius 3 is 2.53 bits per heavy atom. The highest BCUT2D eigenvalue weighted by Crippen LogP contribution is 2.42. The highest BCUT2D eigenvalue weighted by molar-refractivity contribution is 6.39. The summed E-state index contributed by atoms with van der Waals surface area (Å²) in [6.07, 6.45) is 6.34. The first-order chi connectivity index (χ1) is 24.6. The fourth-order valence-corrected chi connectivity index (χ4v) is 7.38. The number of piperidine rings is 1. The van der Waals surface area contributed by atoms with Gasteiger partial charge in [-0.2, -0.15) is 0 Å². The monoisotopic (exact) mass is 733 g/mol. The first kappa shape index (κ1) is 36.5. The maximum Gasteiger partial charge on any atom is 0.220 e. The molecule has 0 bridgehead atoms. The second-order valence-electron chi connectivity index (χ2n) is 13.1. The second-order valence-corrected chi connectivity index (χ2v) is 13.8. The van der Waals surface area contributed by atoms with E-state index in [4.69, 9.17) is 27.9 Å². The van der Waals surface area contributed by atoms with Gasteiger partial charge in [0, 0.05) is 98.4 Å². The highest BCUT2D eigenvalue weighted by Gasteiger charge is 2.25. The number of likely N-dealkylation sites (tertiary alicyclic amines) is 1. The Kier molecular flexibility index (Phi) is 11.7. The molecular weight excluding hydrogens is 692 g/mol. The molecule has 268 valence electrons. The zero-order valence-electron chi connectivity index (χ0n) is 28.9. The molecule has 1 atom stereocenters. The molecule has 2 aromatic heterocycles. The summed E-state index contributed by atoms with van der Waals surface area (Å²) in [5.74, 6) is 0.488. The first-order valence-corrected chi connectivity index (χ1v) is 17.9. The van der Waals surface area contributed by atoms with Crippen molar-refractivity contribution in [2.24, 2.45) is 0 Å². The Morgan fingerprint density at radius 1 is 1.04 bits per heavy atom. The van der Waals surface area contributed by atoms with E-state index in [9.17, 15) is 9.59 Å². The number of hydrogen-bond donors (Lipinski definition) is 3. The smallest absolute Gasteiger partial charge is 0.220 e. The predicted octanol–water partition coefficient (Wildman–Crippen LogP) is 6.82. The van der Waals surface area contributed by atoms with Crippen molar-refractivity contribution in [3.63, 3.8) is 0 Å². The van der Waals surface area contributed by atoms with Crippen LogP contribution in [0.15, 0.2) is 60.9 Å². The fraction of sp³-hybridized carbons (Fsp3) is 0.368. The van der Waals surface area contributed by atoms with Crippen molar-refractivity contribution in [1.82, 2.24) is 30.4 Å². The molecule has 2 fully saturated rings. The van der Waals surface area contributed by atoms with E-state index in [0.29, 0.717) is 83.0 Å². The van der Waals surface area contributed by atoms with E-state index < -0.39 is 5.82 Å². The molecule has 3 N–H and O–H groups in total. The lowest BCUT2D eigenvalue weighted by atomic mass is 10.0. The minimum Gasteiger partial charge on any atom is -0.496 e. The van der Waals surface area contributed by atoms with Crippen LogP contribution in [-0.2, 0) is 22.7 Å². The number of aromatic nitrogens is 2. The van der Waals surface area contributed by atoms with Gasteiger partial charge in [-0.1, -0.05) is 47.5 Å². The maximum atomic E-state index is 15.9. The lowest BCUT2D eigenvalue weighted by molar-refractivity contribution is -0.130. The summed E-state index contributed by atoms with van der Waals surface area (Å²) in [6, 6.07) is 15.1. The molecule has 10 nitrogen and oxygen atoms in total. The number of amides is 2. The third-order valence-corrected chi connectivity index (χ3v) is 10.5. The molecule has 2 saturated heterocycles. The van der Waals surface area contributed by atoms with Crippen molar-refractivity contribution >= 4 is 46.5 Å². The zero-order chi connectivity index (χ0) is 36.1. The largest absolute Gasteiger partial charge is 0.496 e. The number of ether oxygens (including phenoxy) is 1. The third kappa shape index (κ3) is 8.44. The number of anilines is 2. The standard InChI is InChI=1S/C38H42Cl2FN7O3/c1-23(49)48-17-13-28(14-18-48)47(2)22-26-11-15-44-38(36(26)41)46-31-6-4-5-29(34(31)39)30-12-16-43-37(35(30)40)24-7-8-25(32(19-24)51-3)20-42-21-27-9-10-33(50)45-27/h4-8,11-12,15-16,19,27-28,42H,9-10,13-14,17-18,20-22H2,1-3H3,(H,44,46)(H,45,50)/t27-/m1/s1. The zero-order valence-corrected chi connectivity index (χ0v) is 30.5. The summed E-state index contributed by atoms with van der Waals surface area (Å²) in [6.45, 7) is 4.65. The quantitative estimate of drug-likeness (QED) is 0.146. The number of nitrogens with one attached hydrogen (secondary N) is 3. The van der Waals surface area contributed by atoms with Gasteiger partial charge in [-0.15, -0.1) is 0 Å². The van der Waals surface area contributed by atoms with Crippen molar-refractivity contribution in [3.05, 3.63) is 87.9 Å². The van der Waals surface area contributed by atoms with Crippen molar-refractivity contribution in [3.8, 4) is 28.1 Å². The number of carbonyl (C=O) groups excluding carboxylic acids is 2. The van der Waals surface area contributed by atoms with E-state index >= 15 is 4.39 Å². The summed E-state index contributed by atoms with van der Waals surface area (Å²) >= 11 is 14.0. The summed E-state index contributed by atoms with van der Waals surface area (Å²) < 4.78 is 21.6. The van der Waals surface area contributed by atoms with Gasteiger partial charge in [0.25, 0.3) is 0 Å². The van der Waals surface area contributed by atoms with E-state index in [1.165, 1.54) is 0 Å². The van der Waals surface area contributed by atoms with Gasteiger partial charge in [0.1, 0.15) is 5.75 Å². The maximum absolute atomic E-state index is 15.9. The van der Waals surface area contributed by atoms with Gasteiger partial charge in [0.2, 0.25) is 11.8 Å². The van der Waals surface area contributed by atoms with Crippen LogP contribution in [0.25, 0.3) is 22.4 Å². The van der Waals surface area contributed by atoms with Crippen molar-refractivity contribution < 1.29 is 18.7 Å². The van der Waals surface area contributed by atoms with Crippen LogP contribution in [0.4, 0.5) is 15.9 Å². The number of hydrogen-bond acceptors (Lipinski definition) is 8. The molecule has 13 heteroatoms. The second kappa shape index (κ2) is 16.4. The van der Waals surface area contributed by atoms with Crippen LogP contribution in [0.3, 0.4) is 0 Å². The molecule has 51 heavy (non-hydrogen) atoms. The molecule has 2 aromatic carbocycles. The molecule has 0 saturated carbocycles. The van der Waals surface area contributed by atoms with E-state index in [2.05, 4.69) is 30.8 Å². The normalized spacial score (nSPS) is 16.4. The number of benzene rings is 2.